The predicted octanol–water partition coefficient (Wildman–Crippen LogP) is 4.77. The van der Waals surface area contributed by atoms with E-state index >= 15 is 0 Å². The number of hydrogen-bond donors (Lipinski definition) is 0. The van der Waals surface area contributed by atoms with Crippen LogP contribution in [0.4, 0.5) is 13.2 Å². The Morgan fingerprint density at radius 3 is 2.55 bits per heavy atom. The average molecular weight is 428 g/mol. The van der Waals surface area contributed by atoms with Gasteiger partial charge >= 0.3 is 6.36 Å². The summed E-state index contributed by atoms with van der Waals surface area (Å²) in [7, 11) is 0. The number of imidazole rings is 1. The number of ether oxygens (including phenoxy) is 2. The molecule has 4 aromatic rings. The SMILES string of the molecule is FC(F)(F)Oc1ccc(-c2noc(-c3ncn4c3CO[C@H](c3ccccc3)C4)n2)cc1. The minimum absolute atomic E-state index is 0.0774. The molecule has 1 aliphatic heterocycles. The summed E-state index contributed by atoms with van der Waals surface area (Å²) in [6, 6.07) is 15.1. The van der Waals surface area contributed by atoms with Crippen LogP contribution in [0.25, 0.3) is 23.0 Å². The van der Waals surface area contributed by atoms with Crippen molar-refractivity contribution in [3.05, 3.63) is 72.2 Å². The third kappa shape index (κ3) is 4.02. The number of rotatable bonds is 4. The summed E-state index contributed by atoms with van der Waals surface area (Å²) in [5, 5.41) is 3.92. The molecule has 0 aliphatic carbocycles. The second-order valence-corrected chi connectivity index (χ2v) is 6.90. The number of alkyl halides is 3. The highest BCUT2D eigenvalue weighted by Gasteiger charge is 2.31. The molecular formula is C21H15F3N4O3. The van der Waals surface area contributed by atoms with Gasteiger partial charge in [0.1, 0.15) is 11.9 Å². The van der Waals surface area contributed by atoms with Crippen molar-refractivity contribution in [3.63, 3.8) is 0 Å². The van der Waals surface area contributed by atoms with Crippen LogP contribution in [0.5, 0.6) is 5.75 Å². The molecule has 0 saturated carbocycles. The van der Waals surface area contributed by atoms with Crippen molar-refractivity contribution >= 4 is 0 Å². The summed E-state index contributed by atoms with van der Waals surface area (Å²) in [4.78, 5) is 8.74. The van der Waals surface area contributed by atoms with Gasteiger partial charge in [-0.25, -0.2) is 4.98 Å². The van der Waals surface area contributed by atoms with E-state index in [0.717, 1.165) is 11.3 Å². The van der Waals surface area contributed by atoms with Crippen molar-refractivity contribution in [2.75, 3.05) is 0 Å². The largest absolute Gasteiger partial charge is 0.573 e. The molecule has 0 bridgehead atoms. The van der Waals surface area contributed by atoms with Crippen LogP contribution < -0.4 is 4.74 Å². The third-order valence-electron chi connectivity index (χ3n) is 4.88. The number of benzene rings is 2. The van der Waals surface area contributed by atoms with E-state index in [9.17, 15) is 13.2 Å². The van der Waals surface area contributed by atoms with Gasteiger partial charge in [0.15, 0.2) is 5.69 Å². The van der Waals surface area contributed by atoms with Gasteiger partial charge in [0.25, 0.3) is 5.89 Å². The highest BCUT2D eigenvalue weighted by atomic mass is 19.4. The Hall–Kier alpha value is -3.66. The molecule has 2 aromatic heterocycles. The lowest BCUT2D eigenvalue weighted by atomic mass is 10.1. The van der Waals surface area contributed by atoms with Crippen molar-refractivity contribution in [3.8, 4) is 28.7 Å². The summed E-state index contributed by atoms with van der Waals surface area (Å²) < 4.78 is 54.1. The Labute approximate surface area is 174 Å². The van der Waals surface area contributed by atoms with Crippen LogP contribution in [0.15, 0.2) is 65.4 Å². The lowest BCUT2D eigenvalue weighted by molar-refractivity contribution is -0.274. The summed E-state index contributed by atoms with van der Waals surface area (Å²) in [6.45, 7) is 0.935. The fourth-order valence-electron chi connectivity index (χ4n) is 3.42. The number of fused-ring (bicyclic) bond motifs is 1. The summed E-state index contributed by atoms with van der Waals surface area (Å²) in [6.07, 6.45) is -3.12. The smallest absolute Gasteiger partial charge is 0.406 e. The average Bonchev–Trinajstić information content (AvgIpc) is 3.40. The maximum atomic E-state index is 12.3. The van der Waals surface area contributed by atoms with E-state index < -0.39 is 6.36 Å². The fourth-order valence-corrected chi connectivity index (χ4v) is 3.42. The zero-order valence-corrected chi connectivity index (χ0v) is 15.9. The minimum atomic E-state index is -4.75. The fraction of sp³-hybridized carbons (Fsp3) is 0.190. The molecule has 0 unspecified atom stereocenters. The van der Waals surface area contributed by atoms with E-state index in [1.54, 1.807) is 6.33 Å². The van der Waals surface area contributed by atoms with E-state index in [1.807, 2.05) is 34.9 Å². The Bertz CT molecular complexity index is 1190. The molecule has 31 heavy (non-hydrogen) atoms. The van der Waals surface area contributed by atoms with Gasteiger partial charge < -0.3 is 18.6 Å². The summed E-state index contributed by atoms with van der Waals surface area (Å²) >= 11 is 0. The topological polar surface area (TPSA) is 75.2 Å². The maximum absolute atomic E-state index is 12.3. The summed E-state index contributed by atoms with van der Waals surface area (Å²) in [5.74, 6) is 0.114. The zero-order valence-electron chi connectivity index (χ0n) is 15.9. The third-order valence-corrected chi connectivity index (χ3v) is 4.88. The Morgan fingerprint density at radius 1 is 1.03 bits per heavy atom. The van der Waals surface area contributed by atoms with Crippen molar-refractivity contribution in [2.45, 2.75) is 25.6 Å². The number of hydrogen-bond acceptors (Lipinski definition) is 6. The van der Waals surface area contributed by atoms with Crippen LogP contribution in [0, 0.1) is 0 Å². The van der Waals surface area contributed by atoms with Crippen LogP contribution >= 0.6 is 0 Å². The standard InChI is InChI=1S/C21H15F3N4O3/c22-21(23,24)30-15-8-6-14(7-9-15)19-26-20(31-27-19)18-16-11-29-17(10-28(16)12-25-18)13-4-2-1-3-5-13/h1-9,12,17H,10-11H2/t17-/m0/s1. The highest BCUT2D eigenvalue weighted by Crippen LogP contribution is 2.32. The van der Waals surface area contributed by atoms with E-state index in [4.69, 9.17) is 9.26 Å². The molecule has 0 N–H and O–H groups in total. The normalized spacial score (nSPS) is 16.2. The van der Waals surface area contributed by atoms with Crippen LogP contribution in [-0.4, -0.2) is 26.1 Å². The first-order valence-corrected chi connectivity index (χ1v) is 9.37. The van der Waals surface area contributed by atoms with Crippen molar-refractivity contribution < 1.29 is 27.2 Å². The number of aromatic nitrogens is 4. The van der Waals surface area contributed by atoms with E-state index in [0.29, 0.717) is 24.4 Å². The number of halogens is 3. The minimum Gasteiger partial charge on any atom is -0.406 e. The molecule has 0 radical (unpaired) electrons. The van der Waals surface area contributed by atoms with Gasteiger partial charge in [-0.2, -0.15) is 4.98 Å². The highest BCUT2D eigenvalue weighted by molar-refractivity contribution is 5.59. The lowest BCUT2D eigenvalue weighted by Gasteiger charge is -2.25. The second-order valence-electron chi connectivity index (χ2n) is 6.90. The molecule has 158 valence electrons. The van der Waals surface area contributed by atoms with Crippen molar-refractivity contribution in [2.24, 2.45) is 0 Å². The molecule has 7 nitrogen and oxygen atoms in total. The van der Waals surface area contributed by atoms with Crippen LogP contribution in [0.1, 0.15) is 17.4 Å². The molecule has 1 aliphatic rings. The van der Waals surface area contributed by atoms with Gasteiger partial charge in [-0.1, -0.05) is 35.5 Å². The lowest BCUT2D eigenvalue weighted by Crippen LogP contribution is -2.20. The Balaban J connectivity index is 1.35. The molecule has 2 aromatic carbocycles. The van der Waals surface area contributed by atoms with Gasteiger partial charge in [-0.15, -0.1) is 13.2 Å². The van der Waals surface area contributed by atoms with Gasteiger partial charge in [-0.05, 0) is 29.8 Å². The van der Waals surface area contributed by atoms with Gasteiger partial charge in [0, 0.05) is 5.56 Å². The quantitative estimate of drug-likeness (QED) is 0.466. The molecule has 10 heteroatoms. The Kier molecular flexibility index (Phi) is 4.70. The first-order valence-electron chi connectivity index (χ1n) is 9.37. The van der Waals surface area contributed by atoms with Crippen LogP contribution in [0.2, 0.25) is 0 Å². The molecule has 1 atom stereocenters. The molecule has 3 heterocycles. The van der Waals surface area contributed by atoms with E-state index in [-0.39, 0.29) is 23.6 Å². The molecule has 0 amide bonds. The molecule has 0 spiro atoms. The van der Waals surface area contributed by atoms with Crippen molar-refractivity contribution in [1.82, 2.24) is 19.7 Å². The van der Waals surface area contributed by atoms with Crippen LogP contribution in [0.3, 0.4) is 0 Å². The Morgan fingerprint density at radius 2 is 1.81 bits per heavy atom. The zero-order chi connectivity index (χ0) is 21.4. The second kappa shape index (κ2) is 7.55. The number of nitrogens with zero attached hydrogens (tertiary/aromatic N) is 4. The maximum Gasteiger partial charge on any atom is 0.573 e. The molecule has 0 fully saturated rings. The van der Waals surface area contributed by atoms with Gasteiger partial charge in [0.2, 0.25) is 5.82 Å². The summed E-state index contributed by atoms with van der Waals surface area (Å²) in [5.41, 5.74) is 2.90. The molecular weight excluding hydrogens is 413 g/mol. The predicted molar refractivity (Wildman–Crippen MR) is 102 cm³/mol. The first kappa shape index (κ1) is 19.3. The van der Waals surface area contributed by atoms with Gasteiger partial charge in [0.05, 0.1) is 25.2 Å². The van der Waals surface area contributed by atoms with Crippen LogP contribution in [-0.2, 0) is 17.9 Å². The van der Waals surface area contributed by atoms with Crippen molar-refractivity contribution in [1.29, 1.82) is 0 Å². The van der Waals surface area contributed by atoms with Gasteiger partial charge in [-0.3, -0.25) is 0 Å². The molecule has 5 rings (SSSR count). The monoisotopic (exact) mass is 428 g/mol. The molecule has 0 saturated heterocycles. The first-order chi connectivity index (χ1) is 15.0. The van der Waals surface area contributed by atoms with E-state index in [1.165, 1.54) is 24.3 Å². The van der Waals surface area contributed by atoms with E-state index in [2.05, 4.69) is 19.9 Å².